The minimum Gasteiger partial charge on any atom is -0.341 e. The summed E-state index contributed by atoms with van der Waals surface area (Å²) in [6, 6.07) is 1.87. The van der Waals surface area contributed by atoms with Gasteiger partial charge < -0.3 is 4.98 Å². The number of hydrogen-bond donors (Lipinski definition) is 2. The number of aryl methyl sites for hydroxylation is 1. The number of rotatable bonds is 3. The molecule has 0 unspecified atom stereocenters. The summed E-state index contributed by atoms with van der Waals surface area (Å²) in [5.41, 5.74) is 1.07. The first-order valence-corrected chi connectivity index (χ1v) is 5.16. The molecule has 0 fully saturated rings. The van der Waals surface area contributed by atoms with Crippen molar-refractivity contribution < 1.29 is 0 Å². The van der Waals surface area contributed by atoms with Crippen molar-refractivity contribution in [1.29, 1.82) is 0 Å². The molecule has 2 rings (SSSR count). The maximum atomic E-state index is 5.08. The first-order chi connectivity index (χ1) is 7.29. The van der Waals surface area contributed by atoms with Crippen molar-refractivity contribution in [2.24, 2.45) is 0 Å². The van der Waals surface area contributed by atoms with Gasteiger partial charge in [-0.25, -0.2) is 9.97 Å². The molecule has 0 saturated carbocycles. The van der Waals surface area contributed by atoms with Crippen molar-refractivity contribution in [3.05, 3.63) is 22.7 Å². The normalized spacial score (nSPS) is 10.5. The van der Waals surface area contributed by atoms with Gasteiger partial charge in [-0.2, -0.15) is 5.10 Å². The van der Waals surface area contributed by atoms with Crippen molar-refractivity contribution in [2.45, 2.75) is 19.8 Å². The summed E-state index contributed by atoms with van der Waals surface area (Å²) in [5.74, 6) is 1.25. The van der Waals surface area contributed by atoms with E-state index in [4.69, 9.17) is 12.2 Å². The molecule has 0 aliphatic carbocycles. The van der Waals surface area contributed by atoms with Crippen LogP contribution in [0.1, 0.15) is 19.0 Å². The molecule has 0 aliphatic rings. The summed E-state index contributed by atoms with van der Waals surface area (Å²) in [5, 5.41) is 6.52. The fourth-order valence-electron chi connectivity index (χ4n) is 1.34. The Bertz CT molecular complexity index is 487. The van der Waals surface area contributed by atoms with Crippen LogP contribution in [0.25, 0.3) is 11.6 Å². The molecule has 0 spiro atoms. The second kappa shape index (κ2) is 4.31. The van der Waals surface area contributed by atoms with Gasteiger partial charge in [0.2, 0.25) is 0 Å². The van der Waals surface area contributed by atoms with E-state index in [0.717, 1.165) is 18.5 Å². The van der Waals surface area contributed by atoms with E-state index >= 15 is 0 Å². The Morgan fingerprint density at radius 3 is 2.93 bits per heavy atom. The number of hydrogen-bond acceptors (Lipinski definition) is 4. The molecule has 0 saturated heterocycles. The standard InChI is InChI=1S/C9H11N5S/c1-2-3-6-4-7(15)13-9(12-6)8-10-5-11-14-8/h4-5H,2-3H2,1H3,(H,10,11,14)(H,12,13,15). The lowest BCUT2D eigenvalue weighted by molar-refractivity contribution is 0.870. The second-order valence-corrected chi connectivity index (χ2v) is 3.60. The highest BCUT2D eigenvalue weighted by atomic mass is 32.1. The van der Waals surface area contributed by atoms with Gasteiger partial charge in [0.15, 0.2) is 11.6 Å². The summed E-state index contributed by atoms with van der Waals surface area (Å²) >= 11 is 5.08. The number of nitrogens with zero attached hydrogens (tertiary/aromatic N) is 3. The molecular weight excluding hydrogens is 210 g/mol. The van der Waals surface area contributed by atoms with Gasteiger partial charge in [-0.15, -0.1) is 0 Å². The molecule has 0 aromatic carbocycles. The van der Waals surface area contributed by atoms with Crippen LogP contribution < -0.4 is 0 Å². The van der Waals surface area contributed by atoms with Crippen molar-refractivity contribution in [3.63, 3.8) is 0 Å². The smallest absolute Gasteiger partial charge is 0.191 e. The molecule has 78 valence electrons. The Morgan fingerprint density at radius 2 is 2.27 bits per heavy atom. The quantitative estimate of drug-likeness (QED) is 0.776. The third-order valence-corrected chi connectivity index (χ3v) is 2.17. The monoisotopic (exact) mass is 221 g/mol. The Hall–Kier alpha value is -1.56. The average molecular weight is 221 g/mol. The fourth-order valence-corrected chi connectivity index (χ4v) is 1.58. The zero-order chi connectivity index (χ0) is 10.7. The summed E-state index contributed by atoms with van der Waals surface area (Å²) < 4.78 is 0.573. The summed E-state index contributed by atoms with van der Waals surface area (Å²) in [6.45, 7) is 2.12. The molecular formula is C9H11N5S. The largest absolute Gasteiger partial charge is 0.341 e. The predicted octanol–water partition coefficient (Wildman–Crippen LogP) is 1.88. The van der Waals surface area contributed by atoms with Crippen LogP contribution in [0.3, 0.4) is 0 Å². The highest BCUT2D eigenvalue weighted by Crippen LogP contribution is 2.09. The van der Waals surface area contributed by atoms with Crippen molar-refractivity contribution >= 4 is 12.2 Å². The van der Waals surface area contributed by atoms with Gasteiger partial charge in [0.1, 0.15) is 11.0 Å². The molecule has 0 radical (unpaired) electrons. The van der Waals surface area contributed by atoms with Gasteiger partial charge in [0.05, 0.1) is 0 Å². The van der Waals surface area contributed by atoms with Gasteiger partial charge in [-0.1, -0.05) is 25.6 Å². The second-order valence-electron chi connectivity index (χ2n) is 3.18. The van der Waals surface area contributed by atoms with Crippen LogP contribution in [-0.2, 0) is 6.42 Å². The van der Waals surface area contributed by atoms with Gasteiger partial charge in [-0.05, 0) is 12.5 Å². The Kier molecular flexibility index (Phi) is 2.86. The van der Waals surface area contributed by atoms with Gasteiger partial charge in [-0.3, -0.25) is 5.10 Å². The number of aromatic nitrogens is 5. The van der Waals surface area contributed by atoms with Crippen LogP contribution in [0, 0.1) is 4.64 Å². The topological polar surface area (TPSA) is 70.2 Å². The van der Waals surface area contributed by atoms with Gasteiger partial charge in [0.25, 0.3) is 0 Å². The third kappa shape index (κ3) is 2.27. The lowest BCUT2D eigenvalue weighted by Gasteiger charge is -2.01. The average Bonchev–Trinajstić information content (AvgIpc) is 2.70. The van der Waals surface area contributed by atoms with Crippen LogP contribution in [0.5, 0.6) is 0 Å². The molecule has 2 N–H and O–H groups in total. The van der Waals surface area contributed by atoms with Crippen LogP contribution in [-0.4, -0.2) is 25.1 Å². The lowest BCUT2D eigenvalue weighted by atomic mass is 10.2. The van der Waals surface area contributed by atoms with Gasteiger partial charge >= 0.3 is 0 Å². The Morgan fingerprint density at radius 1 is 1.40 bits per heavy atom. The Balaban J connectivity index is 2.44. The number of aromatic amines is 2. The molecule has 2 aromatic heterocycles. The van der Waals surface area contributed by atoms with Crippen LogP contribution >= 0.6 is 12.2 Å². The van der Waals surface area contributed by atoms with Crippen LogP contribution in [0.2, 0.25) is 0 Å². The van der Waals surface area contributed by atoms with E-state index < -0.39 is 0 Å². The van der Waals surface area contributed by atoms with Crippen molar-refractivity contribution in [1.82, 2.24) is 25.1 Å². The minimum atomic E-state index is 0.573. The lowest BCUT2D eigenvalue weighted by Crippen LogP contribution is -1.97. The molecule has 15 heavy (non-hydrogen) atoms. The van der Waals surface area contributed by atoms with E-state index in [2.05, 4.69) is 32.1 Å². The van der Waals surface area contributed by atoms with E-state index in [-0.39, 0.29) is 0 Å². The van der Waals surface area contributed by atoms with Crippen LogP contribution in [0.4, 0.5) is 0 Å². The highest BCUT2D eigenvalue weighted by Gasteiger charge is 2.04. The van der Waals surface area contributed by atoms with E-state index in [9.17, 15) is 0 Å². The predicted molar refractivity (Wildman–Crippen MR) is 58.8 cm³/mol. The molecule has 2 aromatic rings. The van der Waals surface area contributed by atoms with E-state index in [1.807, 2.05) is 6.07 Å². The van der Waals surface area contributed by atoms with E-state index in [0.29, 0.717) is 16.3 Å². The highest BCUT2D eigenvalue weighted by molar-refractivity contribution is 7.71. The van der Waals surface area contributed by atoms with E-state index in [1.54, 1.807) is 0 Å². The molecule has 0 atom stereocenters. The number of nitrogens with one attached hydrogen (secondary N) is 2. The maximum Gasteiger partial charge on any atom is 0.191 e. The molecule has 0 amide bonds. The molecule has 0 bridgehead atoms. The molecule has 2 heterocycles. The van der Waals surface area contributed by atoms with E-state index in [1.165, 1.54) is 6.33 Å². The molecule has 5 nitrogen and oxygen atoms in total. The zero-order valence-corrected chi connectivity index (χ0v) is 9.14. The Labute approximate surface area is 92.0 Å². The fraction of sp³-hybridized carbons (Fsp3) is 0.333. The first-order valence-electron chi connectivity index (χ1n) is 4.75. The summed E-state index contributed by atoms with van der Waals surface area (Å²) in [6.07, 6.45) is 3.46. The summed E-state index contributed by atoms with van der Waals surface area (Å²) in [4.78, 5) is 11.4. The van der Waals surface area contributed by atoms with Gasteiger partial charge in [0, 0.05) is 5.69 Å². The molecule has 6 heteroatoms. The minimum absolute atomic E-state index is 0.573. The SMILES string of the molecule is CCCc1cc(=S)nc(-c2ncn[nH]2)[nH]1. The first kappa shape index (κ1) is 9.97. The zero-order valence-electron chi connectivity index (χ0n) is 8.32. The van der Waals surface area contributed by atoms with Crippen LogP contribution in [0.15, 0.2) is 12.4 Å². The summed E-state index contributed by atoms with van der Waals surface area (Å²) in [7, 11) is 0. The number of H-pyrrole nitrogens is 2. The van der Waals surface area contributed by atoms with Crippen molar-refractivity contribution in [2.75, 3.05) is 0 Å². The third-order valence-electron chi connectivity index (χ3n) is 1.96. The van der Waals surface area contributed by atoms with Crippen molar-refractivity contribution in [3.8, 4) is 11.6 Å². The molecule has 0 aliphatic heterocycles. The maximum absolute atomic E-state index is 5.08.